The van der Waals surface area contributed by atoms with E-state index in [2.05, 4.69) is 15.5 Å². The van der Waals surface area contributed by atoms with E-state index in [1.54, 1.807) is 17.0 Å². The molecule has 138 valence electrons. The lowest BCUT2D eigenvalue weighted by molar-refractivity contribution is -0.128. The highest BCUT2D eigenvalue weighted by molar-refractivity contribution is 6.05. The Labute approximate surface area is 155 Å². The van der Waals surface area contributed by atoms with Crippen molar-refractivity contribution in [3.63, 3.8) is 0 Å². The van der Waals surface area contributed by atoms with Crippen LogP contribution in [0, 0.1) is 12.7 Å². The Morgan fingerprint density at radius 1 is 1.33 bits per heavy atom. The quantitative estimate of drug-likeness (QED) is 0.745. The average Bonchev–Trinajstić information content (AvgIpc) is 3.18. The maximum Gasteiger partial charge on any atom is 0.272 e. The molecule has 1 fully saturated rings. The minimum Gasteiger partial charge on any atom is -0.346 e. The van der Waals surface area contributed by atoms with Crippen LogP contribution < -0.4 is 5.32 Å². The van der Waals surface area contributed by atoms with Gasteiger partial charge in [-0.1, -0.05) is 23.8 Å². The number of halogens is 1. The van der Waals surface area contributed by atoms with Crippen LogP contribution in [0.15, 0.2) is 42.5 Å². The molecule has 2 N–H and O–H groups in total. The van der Waals surface area contributed by atoms with Crippen LogP contribution in [0.3, 0.4) is 0 Å². The monoisotopic (exact) mass is 366 g/mol. The van der Waals surface area contributed by atoms with Gasteiger partial charge in [0.2, 0.25) is 5.91 Å². The summed E-state index contributed by atoms with van der Waals surface area (Å²) in [6.07, 6.45) is 0.225. The number of aromatic amines is 1. The van der Waals surface area contributed by atoms with E-state index in [-0.39, 0.29) is 30.1 Å². The molecule has 0 unspecified atom stereocenters. The predicted molar refractivity (Wildman–Crippen MR) is 98.5 cm³/mol. The summed E-state index contributed by atoms with van der Waals surface area (Å²) < 4.78 is 13.3. The number of likely N-dealkylation sites (tertiary alicyclic amines) is 1. The third-order valence-electron chi connectivity index (χ3n) is 4.75. The highest BCUT2D eigenvalue weighted by Gasteiger charge is 2.31. The molecule has 7 heteroatoms. The van der Waals surface area contributed by atoms with Crippen molar-refractivity contribution in [3.8, 4) is 0 Å². The summed E-state index contributed by atoms with van der Waals surface area (Å²) in [5, 5.41) is 10.6. The van der Waals surface area contributed by atoms with Crippen LogP contribution in [-0.4, -0.2) is 39.5 Å². The van der Waals surface area contributed by atoms with Gasteiger partial charge in [0.15, 0.2) is 5.69 Å². The molecule has 1 aromatic heterocycles. The summed E-state index contributed by atoms with van der Waals surface area (Å²) in [4.78, 5) is 26.5. The Balaban J connectivity index is 1.44. The lowest BCUT2D eigenvalue weighted by Gasteiger charge is -2.17. The molecule has 0 aliphatic carbocycles. The molecular formula is C20H19FN4O2. The lowest BCUT2D eigenvalue weighted by Crippen LogP contribution is -2.37. The standard InChI is InChI=1S/C20H19FN4O2/c1-12-5-6-17-16(7-12)19(24-23-17)20(27)22-15-9-18(26)25(11-15)10-13-3-2-4-14(21)8-13/h2-8,15H,9-11H2,1H3,(H,22,27)(H,23,24)/t15-/m0/s1. The van der Waals surface area contributed by atoms with E-state index in [0.717, 1.165) is 22.0 Å². The molecule has 6 nitrogen and oxygen atoms in total. The minimum atomic E-state index is -0.329. The number of hydrogen-bond donors (Lipinski definition) is 2. The highest BCUT2D eigenvalue weighted by atomic mass is 19.1. The molecule has 2 amide bonds. The Morgan fingerprint density at radius 3 is 3.00 bits per heavy atom. The number of carbonyl (C=O) groups excluding carboxylic acids is 2. The number of aromatic nitrogens is 2. The summed E-state index contributed by atoms with van der Waals surface area (Å²) in [5.74, 6) is -0.700. The average molecular weight is 366 g/mol. The van der Waals surface area contributed by atoms with Crippen molar-refractivity contribution in [1.82, 2.24) is 20.4 Å². The fourth-order valence-electron chi connectivity index (χ4n) is 3.43. The van der Waals surface area contributed by atoms with E-state index < -0.39 is 0 Å². The third-order valence-corrected chi connectivity index (χ3v) is 4.75. The molecule has 1 aliphatic heterocycles. The van der Waals surface area contributed by atoms with Gasteiger partial charge in [-0.2, -0.15) is 5.10 Å². The molecule has 3 aromatic rings. The van der Waals surface area contributed by atoms with Gasteiger partial charge >= 0.3 is 0 Å². The van der Waals surface area contributed by atoms with E-state index in [9.17, 15) is 14.0 Å². The Bertz CT molecular complexity index is 1030. The Kier molecular flexibility index (Phi) is 4.35. The number of nitrogens with one attached hydrogen (secondary N) is 2. The van der Waals surface area contributed by atoms with Gasteiger partial charge in [-0.3, -0.25) is 14.7 Å². The number of nitrogens with zero attached hydrogens (tertiary/aromatic N) is 2. The second kappa shape index (κ2) is 6.83. The molecule has 0 radical (unpaired) electrons. The van der Waals surface area contributed by atoms with Crippen LogP contribution >= 0.6 is 0 Å². The normalized spacial score (nSPS) is 16.9. The van der Waals surface area contributed by atoms with Crippen molar-refractivity contribution in [1.29, 1.82) is 0 Å². The van der Waals surface area contributed by atoms with Gasteiger partial charge in [-0.25, -0.2) is 4.39 Å². The molecule has 1 atom stereocenters. The first-order valence-electron chi connectivity index (χ1n) is 8.77. The zero-order chi connectivity index (χ0) is 19.0. The first-order chi connectivity index (χ1) is 13.0. The summed E-state index contributed by atoms with van der Waals surface area (Å²) in [5.41, 5.74) is 2.88. The van der Waals surface area contributed by atoms with Gasteiger partial charge in [0.25, 0.3) is 5.91 Å². The van der Waals surface area contributed by atoms with E-state index in [1.165, 1.54) is 12.1 Å². The van der Waals surface area contributed by atoms with E-state index in [4.69, 9.17) is 0 Å². The van der Waals surface area contributed by atoms with Gasteiger partial charge < -0.3 is 10.2 Å². The van der Waals surface area contributed by atoms with Crippen LogP contribution in [0.2, 0.25) is 0 Å². The van der Waals surface area contributed by atoms with Gasteiger partial charge in [-0.15, -0.1) is 0 Å². The fraction of sp³-hybridized carbons (Fsp3) is 0.250. The van der Waals surface area contributed by atoms with Crippen molar-refractivity contribution >= 4 is 22.7 Å². The molecule has 27 heavy (non-hydrogen) atoms. The third kappa shape index (κ3) is 3.53. The number of rotatable bonds is 4. The molecule has 2 heterocycles. The van der Waals surface area contributed by atoms with Crippen molar-refractivity contribution < 1.29 is 14.0 Å². The maximum atomic E-state index is 13.3. The van der Waals surface area contributed by atoms with Gasteiger partial charge in [-0.05, 0) is 36.8 Å². The molecular weight excluding hydrogens is 347 g/mol. The van der Waals surface area contributed by atoms with Crippen LogP contribution in [0.4, 0.5) is 4.39 Å². The summed E-state index contributed by atoms with van der Waals surface area (Å²) in [7, 11) is 0. The highest BCUT2D eigenvalue weighted by Crippen LogP contribution is 2.19. The molecule has 4 rings (SSSR count). The Morgan fingerprint density at radius 2 is 2.19 bits per heavy atom. The van der Waals surface area contributed by atoms with Crippen LogP contribution in [0.1, 0.15) is 28.0 Å². The van der Waals surface area contributed by atoms with Gasteiger partial charge in [0.1, 0.15) is 5.82 Å². The van der Waals surface area contributed by atoms with Crippen molar-refractivity contribution in [2.45, 2.75) is 25.9 Å². The van der Waals surface area contributed by atoms with Gasteiger partial charge in [0, 0.05) is 24.9 Å². The number of H-pyrrole nitrogens is 1. The van der Waals surface area contributed by atoms with Gasteiger partial charge in [0.05, 0.1) is 11.6 Å². The van der Waals surface area contributed by atoms with Crippen LogP contribution in [0.25, 0.3) is 10.9 Å². The van der Waals surface area contributed by atoms with Crippen LogP contribution in [-0.2, 0) is 11.3 Å². The summed E-state index contributed by atoms with van der Waals surface area (Å²) in [6.45, 7) is 2.67. The number of hydrogen-bond acceptors (Lipinski definition) is 3. The van der Waals surface area contributed by atoms with E-state index >= 15 is 0 Å². The predicted octanol–water partition coefficient (Wildman–Crippen LogP) is 2.54. The zero-order valence-corrected chi connectivity index (χ0v) is 14.8. The summed E-state index contributed by atoms with van der Waals surface area (Å²) >= 11 is 0. The molecule has 2 aromatic carbocycles. The topological polar surface area (TPSA) is 78.1 Å². The largest absolute Gasteiger partial charge is 0.346 e. The number of aryl methyl sites for hydroxylation is 1. The summed E-state index contributed by atoms with van der Waals surface area (Å²) in [6, 6.07) is 11.6. The second-order valence-electron chi connectivity index (χ2n) is 6.90. The maximum absolute atomic E-state index is 13.3. The Hall–Kier alpha value is -3.22. The minimum absolute atomic E-state index is 0.0627. The first-order valence-corrected chi connectivity index (χ1v) is 8.77. The zero-order valence-electron chi connectivity index (χ0n) is 14.8. The van der Waals surface area contributed by atoms with E-state index in [1.807, 2.05) is 25.1 Å². The fourth-order valence-corrected chi connectivity index (χ4v) is 3.43. The molecule has 0 spiro atoms. The number of benzene rings is 2. The molecule has 0 bridgehead atoms. The number of amides is 2. The van der Waals surface area contributed by atoms with Crippen molar-refractivity contribution in [2.24, 2.45) is 0 Å². The molecule has 1 saturated heterocycles. The van der Waals surface area contributed by atoms with Crippen LogP contribution in [0.5, 0.6) is 0 Å². The second-order valence-corrected chi connectivity index (χ2v) is 6.90. The van der Waals surface area contributed by atoms with E-state index in [0.29, 0.717) is 18.8 Å². The molecule has 1 aliphatic rings. The van der Waals surface area contributed by atoms with Crippen molar-refractivity contribution in [2.75, 3.05) is 6.54 Å². The number of carbonyl (C=O) groups is 2. The van der Waals surface area contributed by atoms with Crippen molar-refractivity contribution in [3.05, 3.63) is 65.1 Å². The lowest BCUT2D eigenvalue weighted by atomic mass is 10.1. The first kappa shape index (κ1) is 17.2. The smallest absolute Gasteiger partial charge is 0.272 e. The SMILES string of the molecule is Cc1ccc2[nH]nc(C(=O)N[C@H]3CC(=O)N(Cc4cccc(F)c4)C3)c2c1. The number of fused-ring (bicyclic) bond motifs is 1. The molecule has 0 saturated carbocycles.